The Balaban J connectivity index is 1.89. The van der Waals surface area contributed by atoms with Crippen molar-refractivity contribution in [2.75, 3.05) is 6.61 Å². The fourth-order valence-corrected chi connectivity index (χ4v) is 2.04. The molecular formula is C11H16O3. The van der Waals surface area contributed by atoms with E-state index in [2.05, 4.69) is 6.08 Å². The van der Waals surface area contributed by atoms with Gasteiger partial charge in [0.05, 0.1) is 0 Å². The SMILES string of the molecule is O=C1CCCCC2CC=C(C2)OOC1. The monoisotopic (exact) mass is 196 g/mol. The first-order valence-electron chi connectivity index (χ1n) is 5.35. The van der Waals surface area contributed by atoms with E-state index in [9.17, 15) is 4.79 Å². The summed E-state index contributed by atoms with van der Waals surface area (Å²) < 4.78 is 0. The third-order valence-corrected chi connectivity index (χ3v) is 2.87. The minimum absolute atomic E-state index is 0.0992. The fraction of sp³-hybridized carbons (Fsp3) is 0.727. The Morgan fingerprint density at radius 2 is 2.29 bits per heavy atom. The Hall–Kier alpha value is -0.830. The summed E-state index contributed by atoms with van der Waals surface area (Å²) >= 11 is 0. The number of carbonyl (C=O) groups is 1. The number of ketones is 1. The summed E-state index contributed by atoms with van der Waals surface area (Å²) in [4.78, 5) is 21.2. The van der Waals surface area contributed by atoms with E-state index < -0.39 is 0 Å². The van der Waals surface area contributed by atoms with E-state index >= 15 is 0 Å². The first-order valence-corrected chi connectivity index (χ1v) is 5.35. The Kier molecular flexibility index (Phi) is 3.19. The zero-order valence-electron chi connectivity index (χ0n) is 8.33. The molecule has 2 rings (SSSR count). The van der Waals surface area contributed by atoms with Crippen LogP contribution in [0.5, 0.6) is 0 Å². The van der Waals surface area contributed by atoms with Crippen LogP contribution in [0.4, 0.5) is 0 Å². The number of hydrogen-bond donors (Lipinski definition) is 0. The average Bonchev–Trinajstić information content (AvgIpc) is 2.58. The van der Waals surface area contributed by atoms with E-state index in [1.165, 1.54) is 6.42 Å². The number of rotatable bonds is 0. The molecule has 2 bridgehead atoms. The molecular weight excluding hydrogens is 180 g/mol. The predicted molar refractivity (Wildman–Crippen MR) is 51.3 cm³/mol. The van der Waals surface area contributed by atoms with Gasteiger partial charge in [0.25, 0.3) is 0 Å². The smallest absolute Gasteiger partial charge is 0.162 e. The van der Waals surface area contributed by atoms with Crippen molar-refractivity contribution in [1.82, 2.24) is 0 Å². The van der Waals surface area contributed by atoms with Crippen molar-refractivity contribution < 1.29 is 14.6 Å². The first-order chi connectivity index (χ1) is 6.84. The molecule has 0 radical (unpaired) electrons. The summed E-state index contributed by atoms with van der Waals surface area (Å²) in [6, 6.07) is 0. The fourth-order valence-electron chi connectivity index (χ4n) is 2.04. The van der Waals surface area contributed by atoms with Crippen LogP contribution in [0, 0.1) is 5.92 Å². The number of Topliss-reactive ketones (excluding diaryl/α,β-unsaturated/α-hetero) is 1. The highest BCUT2D eigenvalue weighted by Crippen LogP contribution is 2.30. The van der Waals surface area contributed by atoms with E-state index in [4.69, 9.17) is 9.78 Å². The molecule has 14 heavy (non-hydrogen) atoms. The van der Waals surface area contributed by atoms with E-state index in [0.717, 1.165) is 31.4 Å². The maximum absolute atomic E-state index is 11.2. The van der Waals surface area contributed by atoms with Gasteiger partial charge in [-0.25, -0.2) is 0 Å². The summed E-state index contributed by atoms with van der Waals surface area (Å²) in [6.07, 6.45) is 8.15. The summed E-state index contributed by atoms with van der Waals surface area (Å²) in [5.41, 5.74) is 0. The van der Waals surface area contributed by atoms with Crippen LogP contribution < -0.4 is 0 Å². The number of allylic oxidation sites excluding steroid dienone is 2. The van der Waals surface area contributed by atoms with Gasteiger partial charge in [-0.2, -0.15) is 4.89 Å². The average molecular weight is 196 g/mol. The minimum atomic E-state index is 0.0992. The lowest BCUT2D eigenvalue weighted by molar-refractivity contribution is -0.258. The molecule has 0 spiro atoms. The minimum Gasteiger partial charge on any atom is -0.342 e. The van der Waals surface area contributed by atoms with Gasteiger partial charge in [-0.05, 0) is 31.3 Å². The number of fused-ring (bicyclic) bond motifs is 2. The molecule has 0 aromatic heterocycles. The molecule has 78 valence electrons. The second kappa shape index (κ2) is 4.60. The van der Waals surface area contributed by atoms with Gasteiger partial charge < -0.3 is 4.89 Å². The molecule has 1 atom stereocenters. The zero-order valence-corrected chi connectivity index (χ0v) is 8.33. The van der Waals surface area contributed by atoms with Gasteiger partial charge in [0.2, 0.25) is 0 Å². The third-order valence-electron chi connectivity index (χ3n) is 2.87. The van der Waals surface area contributed by atoms with E-state index in [0.29, 0.717) is 12.3 Å². The highest BCUT2D eigenvalue weighted by atomic mass is 17.2. The van der Waals surface area contributed by atoms with Crippen LogP contribution in [0.3, 0.4) is 0 Å². The van der Waals surface area contributed by atoms with E-state index in [1.54, 1.807) is 0 Å². The Morgan fingerprint density at radius 1 is 1.36 bits per heavy atom. The summed E-state index contributed by atoms with van der Waals surface area (Å²) in [5.74, 6) is 1.76. The summed E-state index contributed by atoms with van der Waals surface area (Å²) in [7, 11) is 0. The molecule has 1 unspecified atom stereocenters. The van der Waals surface area contributed by atoms with Crippen LogP contribution in [0.1, 0.15) is 38.5 Å². The molecule has 3 heteroatoms. The highest BCUT2D eigenvalue weighted by molar-refractivity contribution is 5.79. The predicted octanol–water partition coefficient (Wildman–Crippen LogP) is 2.37. The van der Waals surface area contributed by atoms with Crippen molar-refractivity contribution >= 4 is 5.78 Å². The zero-order chi connectivity index (χ0) is 9.80. The van der Waals surface area contributed by atoms with E-state index in [1.807, 2.05) is 0 Å². The molecule has 1 aliphatic heterocycles. The van der Waals surface area contributed by atoms with Crippen molar-refractivity contribution in [3.8, 4) is 0 Å². The molecule has 1 fully saturated rings. The van der Waals surface area contributed by atoms with Crippen LogP contribution in [0.25, 0.3) is 0 Å². The van der Waals surface area contributed by atoms with Crippen molar-refractivity contribution in [1.29, 1.82) is 0 Å². The molecule has 0 N–H and O–H groups in total. The number of hydrogen-bond acceptors (Lipinski definition) is 3. The molecule has 2 aliphatic rings. The topological polar surface area (TPSA) is 35.5 Å². The van der Waals surface area contributed by atoms with Gasteiger partial charge in [0.1, 0.15) is 5.76 Å². The quantitative estimate of drug-likeness (QED) is 0.558. The van der Waals surface area contributed by atoms with Crippen molar-refractivity contribution in [3.63, 3.8) is 0 Å². The largest absolute Gasteiger partial charge is 0.342 e. The molecule has 3 nitrogen and oxygen atoms in total. The van der Waals surface area contributed by atoms with Gasteiger partial charge in [-0.15, -0.1) is 0 Å². The van der Waals surface area contributed by atoms with Gasteiger partial charge in [0.15, 0.2) is 12.4 Å². The summed E-state index contributed by atoms with van der Waals surface area (Å²) in [6.45, 7) is 0.0992. The summed E-state index contributed by atoms with van der Waals surface area (Å²) in [5, 5.41) is 0. The van der Waals surface area contributed by atoms with Crippen LogP contribution in [-0.2, 0) is 14.6 Å². The second-order valence-electron chi connectivity index (χ2n) is 4.11. The normalized spacial score (nSPS) is 29.0. The lowest BCUT2D eigenvalue weighted by atomic mass is 9.98. The van der Waals surface area contributed by atoms with Gasteiger partial charge in [-0.1, -0.05) is 6.42 Å². The maximum atomic E-state index is 11.2. The maximum Gasteiger partial charge on any atom is 0.162 e. The van der Waals surface area contributed by atoms with Gasteiger partial charge in [0, 0.05) is 12.8 Å². The molecule has 0 saturated carbocycles. The van der Waals surface area contributed by atoms with Gasteiger partial charge in [-0.3, -0.25) is 4.79 Å². The lowest BCUT2D eigenvalue weighted by Crippen LogP contribution is -2.08. The van der Waals surface area contributed by atoms with E-state index in [-0.39, 0.29) is 12.4 Å². The first kappa shape index (κ1) is 9.71. The highest BCUT2D eigenvalue weighted by Gasteiger charge is 2.20. The van der Waals surface area contributed by atoms with Gasteiger partial charge >= 0.3 is 0 Å². The van der Waals surface area contributed by atoms with Crippen molar-refractivity contribution in [2.45, 2.75) is 38.5 Å². The van der Waals surface area contributed by atoms with Crippen LogP contribution in [0.15, 0.2) is 11.8 Å². The standard InChI is InChI=1S/C11H16O3/c12-10-4-2-1-3-9-5-6-11(7-9)14-13-8-10/h6,9H,1-5,7-8H2. The Bertz CT molecular complexity index is 245. The Labute approximate surface area is 84.0 Å². The Morgan fingerprint density at radius 3 is 3.21 bits per heavy atom. The lowest BCUT2D eigenvalue weighted by Gasteiger charge is -2.07. The molecule has 0 amide bonds. The van der Waals surface area contributed by atoms with Crippen molar-refractivity contribution in [2.24, 2.45) is 5.92 Å². The van der Waals surface area contributed by atoms with Crippen LogP contribution in [0.2, 0.25) is 0 Å². The third kappa shape index (κ3) is 2.58. The molecule has 1 aliphatic carbocycles. The molecule has 0 aromatic rings. The van der Waals surface area contributed by atoms with Crippen LogP contribution >= 0.6 is 0 Å². The molecule has 1 heterocycles. The number of carbonyl (C=O) groups excluding carboxylic acids is 1. The van der Waals surface area contributed by atoms with Crippen molar-refractivity contribution in [3.05, 3.63) is 11.8 Å². The second-order valence-corrected chi connectivity index (χ2v) is 4.11. The molecule has 1 saturated heterocycles. The van der Waals surface area contributed by atoms with Crippen LogP contribution in [-0.4, -0.2) is 12.4 Å². The molecule has 0 aromatic carbocycles.